The van der Waals surface area contributed by atoms with E-state index in [2.05, 4.69) is 15.5 Å². The molecule has 0 amide bonds. The lowest BCUT2D eigenvalue weighted by Gasteiger charge is -2.16. The van der Waals surface area contributed by atoms with Crippen LogP contribution >= 0.6 is 47.2 Å². The second kappa shape index (κ2) is 10.2. The van der Waals surface area contributed by atoms with Gasteiger partial charge in [0.1, 0.15) is 5.76 Å². The second-order valence-electron chi connectivity index (χ2n) is 5.71. The van der Waals surface area contributed by atoms with Crippen molar-refractivity contribution in [3.8, 4) is 0 Å². The van der Waals surface area contributed by atoms with E-state index in [9.17, 15) is 0 Å². The standard InChI is InChI=1S/C17H22Cl2N4O.HI/c1-10(15-7-6-13(18)9-16(15)19)22-17(20)21-8-4-5-14-11(2)23-24-12(14)3;/h6-7,9-10H,4-5,8H2,1-3H3,(H3,20,21,22);1H. The molecule has 0 spiro atoms. The third-order valence-electron chi connectivity index (χ3n) is 3.84. The Morgan fingerprint density at radius 3 is 2.68 bits per heavy atom. The summed E-state index contributed by atoms with van der Waals surface area (Å²) in [5.41, 5.74) is 8.97. The van der Waals surface area contributed by atoms with Crippen molar-refractivity contribution in [1.29, 1.82) is 0 Å². The molecule has 0 radical (unpaired) electrons. The van der Waals surface area contributed by atoms with Crippen molar-refractivity contribution in [1.82, 2.24) is 10.5 Å². The van der Waals surface area contributed by atoms with E-state index < -0.39 is 0 Å². The summed E-state index contributed by atoms with van der Waals surface area (Å²) < 4.78 is 5.15. The van der Waals surface area contributed by atoms with Crippen LogP contribution in [0.5, 0.6) is 0 Å². The Balaban J connectivity index is 0.00000312. The summed E-state index contributed by atoms with van der Waals surface area (Å²) in [6.07, 6.45) is 1.75. The third-order valence-corrected chi connectivity index (χ3v) is 4.40. The zero-order valence-corrected chi connectivity index (χ0v) is 18.3. The van der Waals surface area contributed by atoms with Gasteiger partial charge >= 0.3 is 0 Å². The van der Waals surface area contributed by atoms with Gasteiger partial charge in [-0.15, -0.1) is 24.0 Å². The fraction of sp³-hybridized carbons (Fsp3) is 0.412. The van der Waals surface area contributed by atoms with Crippen LogP contribution in [-0.4, -0.2) is 17.7 Å². The number of rotatable bonds is 6. The molecular formula is C17H23Cl2IN4O. The Morgan fingerprint density at radius 2 is 2.08 bits per heavy atom. The van der Waals surface area contributed by atoms with Gasteiger partial charge in [-0.2, -0.15) is 0 Å². The minimum absolute atomic E-state index is 0. The third kappa shape index (κ3) is 6.34. The topological polar surface area (TPSA) is 76.4 Å². The Kier molecular flexibility index (Phi) is 9.02. The van der Waals surface area contributed by atoms with Crippen LogP contribution in [0.2, 0.25) is 10.0 Å². The molecule has 0 aliphatic carbocycles. The van der Waals surface area contributed by atoms with Crippen LogP contribution in [0, 0.1) is 13.8 Å². The molecule has 0 bridgehead atoms. The molecule has 2 aromatic rings. The number of guanidine groups is 1. The Morgan fingerprint density at radius 1 is 1.36 bits per heavy atom. The molecule has 0 aliphatic rings. The summed E-state index contributed by atoms with van der Waals surface area (Å²) >= 11 is 12.1. The molecule has 2 rings (SSSR count). The van der Waals surface area contributed by atoms with Gasteiger partial charge in [-0.3, -0.25) is 4.99 Å². The minimum Gasteiger partial charge on any atom is -0.370 e. The molecule has 3 N–H and O–H groups in total. The van der Waals surface area contributed by atoms with Gasteiger partial charge in [0.05, 0.1) is 11.7 Å². The predicted molar refractivity (Wildman–Crippen MR) is 114 cm³/mol. The number of aromatic nitrogens is 1. The normalized spacial score (nSPS) is 12.6. The molecule has 8 heteroatoms. The summed E-state index contributed by atoms with van der Waals surface area (Å²) in [5.74, 6) is 1.26. The summed E-state index contributed by atoms with van der Waals surface area (Å²) in [4.78, 5) is 4.36. The van der Waals surface area contributed by atoms with E-state index in [4.69, 9.17) is 33.5 Å². The van der Waals surface area contributed by atoms with Crippen LogP contribution in [0.25, 0.3) is 0 Å². The minimum atomic E-state index is -0.0546. The fourth-order valence-electron chi connectivity index (χ4n) is 2.51. The maximum Gasteiger partial charge on any atom is 0.189 e. The highest BCUT2D eigenvalue weighted by atomic mass is 127. The monoisotopic (exact) mass is 496 g/mol. The van der Waals surface area contributed by atoms with Crippen LogP contribution in [0.3, 0.4) is 0 Å². The van der Waals surface area contributed by atoms with Crippen LogP contribution < -0.4 is 11.1 Å². The van der Waals surface area contributed by atoms with Gasteiger partial charge in [-0.05, 0) is 51.3 Å². The average Bonchev–Trinajstić information content (AvgIpc) is 2.82. The molecular weight excluding hydrogens is 474 g/mol. The van der Waals surface area contributed by atoms with E-state index in [0.29, 0.717) is 22.5 Å². The first-order chi connectivity index (χ1) is 11.4. The van der Waals surface area contributed by atoms with Gasteiger partial charge in [0.2, 0.25) is 0 Å². The number of benzene rings is 1. The number of halogens is 3. The Labute approximate surface area is 175 Å². The van der Waals surface area contributed by atoms with Gasteiger partial charge in [-0.25, -0.2) is 0 Å². The van der Waals surface area contributed by atoms with Crippen LogP contribution in [0.4, 0.5) is 0 Å². The quantitative estimate of drug-likeness (QED) is 0.260. The predicted octanol–water partition coefficient (Wildman–Crippen LogP) is 4.81. The van der Waals surface area contributed by atoms with Crippen molar-refractivity contribution in [2.24, 2.45) is 10.7 Å². The lowest BCUT2D eigenvalue weighted by molar-refractivity contribution is 0.392. The van der Waals surface area contributed by atoms with Crippen LogP contribution in [-0.2, 0) is 6.42 Å². The van der Waals surface area contributed by atoms with Gasteiger partial charge in [0.15, 0.2) is 5.96 Å². The molecule has 0 saturated carbocycles. The van der Waals surface area contributed by atoms with Crippen molar-refractivity contribution in [2.75, 3.05) is 6.54 Å². The summed E-state index contributed by atoms with van der Waals surface area (Å²) in [7, 11) is 0. The van der Waals surface area contributed by atoms with Crippen molar-refractivity contribution in [3.63, 3.8) is 0 Å². The first-order valence-corrected chi connectivity index (χ1v) is 8.57. The van der Waals surface area contributed by atoms with E-state index in [1.807, 2.05) is 26.8 Å². The summed E-state index contributed by atoms with van der Waals surface area (Å²) in [5, 5.41) is 8.30. The van der Waals surface area contributed by atoms with Crippen molar-refractivity contribution >= 4 is 53.1 Å². The molecule has 138 valence electrons. The van der Waals surface area contributed by atoms with E-state index in [1.165, 1.54) is 0 Å². The molecule has 0 aliphatic heterocycles. The van der Waals surface area contributed by atoms with E-state index in [0.717, 1.165) is 35.4 Å². The van der Waals surface area contributed by atoms with Gasteiger partial charge in [-0.1, -0.05) is 34.4 Å². The number of nitrogens with zero attached hydrogens (tertiary/aromatic N) is 2. The Hall–Kier alpha value is -0.990. The molecule has 5 nitrogen and oxygen atoms in total. The van der Waals surface area contributed by atoms with E-state index >= 15 is 0 Å². The first-order valence-electron chi connectivity index (χ1n) is 7.81. The summed E-state index contributed by atoms with van der Waals surface area (Å²) in [6.45, 7) is 6.47. The molecule has 0 fully saturated rings. The number of nitrogens with one attached hydrogen (secondary N) is 1. The Bertz CT molecular complexity index is 714. The van der Waals surface area contributed by atoms with E-state index in [-0.39, 0.29) is 30.0 Å². The molecule has 25 heavy (non-hydrogen) atoms. The molecule has 1 aromatic heterocycles. The average molecular weight is 497 g/mol. The molecule has 1 atom stereocenters. The van der Waals surface area contributed by atoms with Gasteiger partial charge in [0.25, 0.3) is 0 Å². The number of hydrogen-bond acceptors (Lipinski definition) is 3. The smallest absolute Gasteiger partial charge is 0.189 e. The summed E-state index contributed by atoms with van der Waals surface area (Å²) in [6, 6.07) is 5.35. The van der Waals surface area contributed by atoms with Gasteiger partial charge in [0, 0.05) is 22.2 Å². The van der Waals surface area contributed by atoms with Crippen LogP contribution in [0.15, 0.2) is 27.7 Å². The molecule has 1 unspecified atom stereocenters. The molecule has 0 saturated heterocycles. The number of nitrogens with two attached hydrogens (primary N) is 1. The van der Waals surface area contributed by atoms with Crippen molar-refractivity contribution in [2.45, 2.75) is 39.7 Å². The first kappa shape index (κ1) is 22.1. The molecule has 1 heterocycles. The zero-order chi connectivity index (χ0) is 17.7. The number of aryl methyl sites for hydroxylation is 2. The highest BCUT2D eigenvalue weighted by Crippen LogP contribution is 2.25. The molecule has 1 aromatic carbocycles. The van der Waals surface area contributed by atoms with Crippen LogP contribution in [0.1, 0.15) is 42.0 Å². The highest BCUT2D eigenvalue weighted by Gasteiger charge is 2.11. The van der Waals surface area contributed by atoms with Gasteiger partial charge < -0.3 is 15.6 Å². The lowest BCUT2D eigenvalue weighted by Crippen LogP contribution is -2.34. The van der Waals surface area contributed by atoms with E-state index in [1.54, 1.807) is 12.1 Å². The lowest BCUT2D eigenvalue weighted by atomic mass is 10.1. The van der Waals surface area contributed by atoms with Crippen molar-refractivity contribution < 1.29 is 4.52 Å². The number of aliphatic imine (C=N–C) groups is 1. The fourth-order valence-corrected chi connectivity index (χ4v) is 3.08. The second-order valence-corrected chi connectivity index (χ2v) is 6.55. The van der Waals surface area contributed by atoms with Crippen molar-refractivity contribution in [3.05, 3.63) is 50.8 Å². The number of hydrogen-bond donors (Lipinski definition) is 2. The zero-order valence-electron chi connectivity index (χ0n) is 14.5. The largest absolute Gasteiger partial charge is 0.370 e. The SMILES string of the molecule is Cc1noc(C)c1CCCN=C(N)NC(C)c1ccc(Cl)cc1Cl.I. The maximum atomic E-state index is 6.20. The maximum absolute atomic E-state index is 6.20. The highest BCUT2D eigenvalue weighted by molar-refractivity contribution is 14.0.